The number of hydrogen-bond donors (Lipinski definition) is 2. The lowest BCUT2D eigenvalue weighted by atomic mass is 10.0. The molecule has 0 aliphatic rings. The lowest BCUT2D eigenvalue weighted by molar-refractivity contribution is 0.102. The highest BCUT2D eigenvalue weighted by molar-refractivity contribution is 6.09. The Hall–Kier alpha value is -3.47. The van der Waals surface area contributed by atoms with Gasteiger partial charge in [-0.15, -0.1) is 0 Å². The molecule has 0 saturated carbocycles. The standard InChI is InChI=1S/C21H17N3O2/c1-12-10-17(15-7-5-9-22-20(15)13(12)2)24-21(26)18-11-19(25)14-6-3-4-8-16(14)23-18/h3-11H,1-2H3,(H,23,25)(H,24,26). The lowest BCUT2D eigenvalue weighted by Gasteiger charge is -2.12. The molecule has 128 valence electrons. The van der Waals surface area contributed by atoms with Crippen molar-refractivity contribution in [3.63, 3.8) is 0 Å². The molecule has 0 bridgehead atoms. The molecule has 2 aromatic heterocycles. The number of nitrogens with zero attached hydrogens (tertiary/aromatic N) is 1. The number of carbonyl (C=O) groups excluding carboxylic acids is 1. The average molecular weight is 343 g/mol. The number of amides is 1. The number of H-pyrrole nitrogens is 1. The Morgan fingerprint density at radius 3 is 2.65 bits per heavy atom. The van der Waals surface area contributed by atoms with Crippen molar-refractivity contribution in [3.05, 3.63) is 81.8 Å². The predicted molar refractivity (Wildman–Crippen MR) is 104 cm³/mol. The Kier molecular flexibility index (Phi) is 3.77. The molecule has 0 radical (unpaired) electrons. The summed E-state index contributed by atoms with van der Waals surface area (Å²) in [5.41, 5.74) is 4.33. The van der Waals surface area contributed by atoms with Crippen molar-refractivity contribution in [3.8, 4) is 0 Å². The predicted octanol–water partition coefficient (Wildman–Crippen LogP) is 3.95. The van der Waals surface area contributed by atoms with Gasteiger partial charge in [-0.25, -0.2) is 0 Å². The number of rotatable bonds is 2. The van der Waals surface area contributed by atoms with E-state index in [0.717, 1.165) is 22.0 Å². The normalized spacial score (nSPS) is 11.0. The second-order valence-electron chi connectivity index (χ2n) is 6.31. The third kappa shape index (κ3) is 2.63. The maximum atomic E-state index is 12.7. The summed E-state index contributed by atoms with van der Waals surface area (Å²) >= 11 is 0. The first-order valence-electron chi connectivity index (χ1n) is 8.33. The number of carbonyl (C=O) groups is 1. The molecular formula is C21H17N3O2. The van der Waals surface area contributed by atoms with Gasteiger partial charge in [-0.05, 0) is 55.3 Å². The zero-order chi connectivity index (χ0) is 18.3. The van der Waals surface area contributed by atoms with E-state index in [1.54, 1.807) is 24.4 Å². The van der Waals surface area contributed by atoms with Gasteiger partial charge >= 0.3 is 0 Å². The van der Waals surface area contributed by atoms with E-state index in [-0.39, 0.29) is 17.0 Å². The van der Waals surface area contributed by atoms with E-state index in [1.165, 1.54) is 6.07 Å². The van der Waals surface area contributed by atoms with E-state index in [4.69, 9.17) is 0 Å². The van der Waals surface area contributed by atoms with Crippen molar-refractivity contribution < 1.29 is 4.79 Å². The highest BCUT2D eigenvalue weighted by Gasteiger charge is 2.13. The van der Waals surface area contributed by atoms with E-state index in [2.05, 4.69) is 15.3 Å². The van der Waals surface area contributed by atoms with Crippen molar-refractivity contribution in [2.24, 2.45) is 0 Å². The van der Waals surface area contributed by atoms with Gasteiger partial charge in [0.25, 0.3) is 5.91 Å². The van der Waals surface area contributed by atoms with Crippen LogP contribution in [0.4, 0.5) is 5.69 Å². The summed E-state index contributed by atoms with van der Waals surface area (Å²) < 4.78 is 0. The Morgan fingerprint density at radius 1 is 1.04 bits per heavy atom. The van der Waals surface area contributed by atoms with Crippen LogP contribution in [0.1, 0.15) is 21.6 Å². The molecule has 1 amide bonds. The number of aromatic nitrogens is 2. The maximum Gasteiger partial charge on any atom is 0.272 e. The summed E-state index contributed by atoms with van der Waals surface area (Å²) in [5.74, 6) is -0.360. The number of benzene rings is 2. The van der Waals surface area contributed by atoms with Gasteiger partial charge in [-0.1, -0.05) is 12.1 Å². The van der Waals surface area contributed by atoms with Gasteiger partial charge in [-0.3, -0.25) is 14.6 Å². The van der Waals surface area contributed by atoms with E-state index < -0.39 is 0 Å². The Bertz CT molecular complexity index is 1230. The van der Waals surface area contributed by atoms with Crippen LogP contribution in [-0.2, 0) is 0 Å². The van der Waals surface area contributed by atoms with Crippen molar-refractivity contribution in [2.75, 3.05) is 5.32 Å². The average Bonchev–Trinajstić information content (AvgIpc) is 2.66. The first kappa shape index (κ1) is 16.0. The molecule has 0 atom stereocenters. The monoisotopic (exact) mass is 343 g/mol. The van der Waals surface area contributed by atoms with E-state index >= 15 is 0 Å². The molecule has 0 unspecified atom stereocenters. The first-order chi connectivity index (χ1) is 12.5. The van der Waals surface area contributed by atoms with Crippen LogP contribution in [0.5, 0.6) is 0 Å². The molecule has 2 heterocycles. The molecule has 0 aliphatic heterocycles. The molecule has 2 N–H and O–H groups in total. The molecule has 26 heavy (non-hydrogen) atoms. The van der Waals surface area contributed by atoms with Crippen LogP contribution in [0.25, 0.3) is 21.8 Å². The number of hydrogen-bond acceptors (Lipinski definition) is 3. The summed E-state index contributed by atoms with van der Waals surface area (Å²) in [6.07, 6.45) is 1.74. The molecule has 0 aliphatic carbocycles. The van der Waals surface area contributed by atoms with E-state index in [1.807, 2.05) is 38.1 Å². The number of anilines is 1. The second kappa shape index (κ2) is 6.11. The Morgan fingerprint density at radius 2 is 1.81 bits per heavy atom. The van der Waals surface area contributed by atoms with E-state index in [0.29, 0.717) is 16.6 Å². The molecule has 4 rings (SSSR count). The second-order valence-corrected chi connectivity index (χ2v) is 6.31. The lowest BCUT2D eigenvalue weighted by Crippen LogP contribution is -2.17. The summed E-state index contributed by atoms with van der Waals surface area (Å²) in [4.78, 5) is 32.5. The molecule has 0 fully saturated rings. The van der Waals surface area contributed by atoms with Crippen LogP contribution in [-0.4, -0.2) is 15.9 Å². The fourth-order valence-electron chi connectivity index (χ4n) is 3.12. The van der Waals surface area contributed by atoms with Gasteiger partial charge in [0.2, 0.25) is 0 Å². The quantitative estimate of drug-likeness (QED) is 0.579. The van der Waals surface area contributed by atoms with Crippen LogP contribution in [0.3, 0.4) is 0 Å². The smallest absolute Gasteiger partial charge is 0.272 e. The maximum absolute atomic E-state index is 12.7. The molecule has 0 saturated heterocycles. The number of para-hydroxylation sites is 1. The minimum atomic E-state index is -0.360. The fourth-order valence-corrected chi connectivity index (χ4v) is 3.12. The van der Waals surface area contributed by atoms with Crippen LogP contribution in [0.2, 0.25) is 0 Å². The van der Waals surface area contributed by atoms with E-state index in [9.17, 15) is 9.59 Å². The first-order valence-corrected chi connectivity index (χ1v) is 8.33. The molecule has 2 aromatic carbocycles. The van der Waals surface area contributed by atoms with Gasteiger partial charge in [-0.2, -0.15) is 0 Å². The topological polar surface area (TPSA) is 74.8 Å². The largest absolute Gasteiger partial charge is 0.350 e. The van der Waals surface area contributed by atoms with Gasteiger partial charge in [0, 0.05) is 28.6 Å². The fraction of sp³-hybridized carbons (Fsp3) is 0.0952. The Balaban J connectivity index is 1.79. The van der Waals surface area contributed by atoms with Crippen LogP contribution >= 0.6 is 0 Å². The number of aryl methyl sites for hydroxylation is 2. The highest BCUT2D eigenvalue weighted by atomic mass is 16.2. The Labute approximate surface area is 149 Å². The summed E-state index contributed by atoms with van der Waals surface area (Å²) in [6.45, 7) is 3.99. The molecule has 4 aromatic rings. The number of aromatic amines is 1. The van der Waals surface area contributed by atoms with Crippen molar-refractivity contribution >= 4 is 33.4 Å². The number of fused-ring (bicyclic) bond motifs is 2. The van der Waals surface area contributed by atoms with Crippen molar-refractivity contribution in [1.29, 1.82) is 0 Å². The third-order valence-electron chi connectivity index (χ3n) is 4.64. The third-order valence-corrected chi connectivity index (χ3v) is 4.64. The molecular weight excluding hydrogens is 326 g/mol. The minimum absolute atomic E-state index is 0.184. The van der Waals surface area contributed by atoms with Crippen LogP contribution < -0.4 is 10.7 Å². The summed E-state index contributed by atoms with van der Waals surface area (Å²) in [5, 5.41) is 4.34. The van der Waals surface area contributed by atoms with Gasteiger partial charge < -0.3 is 10.3 Å². The van der Waals surface area contributed by atoms with Crippen LogP contribution in [0.15, 0.2) is 59.5 Å². The van der Waals surface area contributed by atoms with Crippen molar-refractivity contribution in [2.45, 2.75) is 13.8 Å². The van der Waals surface area contributed by atoms with Gasteiger partial charge in [0.1, 0.15) is 5.69 Å². The molecule has 5 heteroatoms. The van der Waals surface area contributed by atoms with Gasteiger partial charge in [0.05, 0.1) is 11.2 Å². The SMILES string of the molecule is Cc1cc(NC(=O)c2cc(=O)c3ccccc3[nH]2)c2cccnc2c1C. The van der Waals surface area contributed by atoms with Crippen molar-refractivity contribution in [1.82, 2.24) is 9.97 Å². The summed E-state index contributed by atoms with van der Waals surface area (Å²) in [7, 11) is 0. The zero-order valence-corrected chi connectivity index (χ0v) is 14.5. The minimum Gasteiger partial charge on any atom is -0.350 e. The molecule has 0 spiro atoms. The highest BCUT2D eigenvalue weighted by Crippen LogP contribution is 2.28. The zero-order valence-electron chi connectivity index (χ0n) is 14.5. The van der Waals surface area contributed by atoms with Gasteiger partial charge in [0.15, 0.2) is 5.43 Å². The number of nitrogens with one attached hydrogen (secondary N) is 2. The molecule has 5 nitrogen and oxygen atoms in total. The number of pyridine rings is 2. The summed E-state index contributed by atoms with van der Waals surface area (Å²) in [6, 6.07) is 14.2. The van der Waals surface area contributed by atoms with Crippen LogP contribution in [0, 0.1) is 13.8 Å².